The molecule has 0 radical (unpaired) electrons. The van der Waals surface area contributed by atoms with Gasteiger partial charge in [0, 0.05) is 6.07 Å². The van der Waals surface area contributed by atoms with E-state index in [1.807, 2.05) is 0 Å². The van der Waals surface area contributed by atoms with Gasteiger partial charge < -0.3 is 14.7 Å². The number of ether oxygens (including phenoxy) is 1. The number of hydrogen-bond donors (Lipinski definition) is 1. The average Bonchev–Trinajstić information content (AvgIpc) is 2.61. The van der Waals surface area contributed by atoms with Gasteiger partial charge in [-0.3, -0.25) is 4.79 Å². The monoisotopic (exact) mass is 317 g/mol. The van der Waals surface area contributed by atoms with Crippen molar-refractivity contribution in [1.82, 2.24) is 0 Å². The Labute approximate surface area is 112 Å². The van der Waals surface area contributed by atoms with Gasteiger partial charge in [-0.25, -0.2) is 4.39 Å². The predicted octanol–water partition coefficient (Wildman–Crippen LogP) is 2.08. The van der Waals surface area contributed by atoms with Gasteiger partial charge in [0.2, 0.25) is 5.91 Å². The fourth-order valence-electron chi connectivity index (χ4n) is 1.96. The fraction of sp³-hybridized carbons (Fsp3) is 0.417. The highest BCUT2D eigenvalue weighted by Crippen LogP contribution is 2.38. The normalized spacial score (nSPS) is 19.4. The van der Waals surface area contributed by atoms with E-state index in [4.69, 9.17) is 4.74 Å². The number of aliphatic hydroxyl groups is 1. The van der Waals surface area contributed by atoms with Crippen molar-refractivity contribution in [3.05, 3.63) is 22.4 Å². The van der Waals surface area contributed by atoms with Crippen LogP contribution in [-0.2, 0) is 4.79 Å². The first-order valence-electron chi connectivity index (χ1n) is 5.63. The van der Waals surface area contributed by atoms with Gasteiger partial charge in [-0.2, -0.15) is 0 Å². The Morgan fingerprint density at radius 3 is 2.89 bits per heavy atom. The van der Waals surface area contributed by atoms with E-state index < -0.39 is 11.9 Å². The molecular weight excluding hydrogens is 305 g/mol. The van der Waals surface area contributed by atoms with Gasteiger partial charge in [-0.1, -0.05) is 0 Å². The fourth-order valence-corrected chi connectivity index (χ4v) is 2.49. The summed E-state index contributed by atoms with van der Waals surface area (Å²) in [6, 6.07) is 2.52. The molecule has 0 saturated carbocycles. The summed E-state index contributed by atoms with van der Waals surface area (Å²) in [4.78, 5) is 13.1. The van der Waals surface area contributed by atoms with Gasteiger partial charge in [-0.05, 0) is 28.9 Å². The molecule has 4 nitrogen and oxygen atoms in total. The second-order valence-electron chi connectivity index (χ2n) is 4.03. The molecule has 0 bridgehead atoms. The summed E-state index contributed by atoms with van der Waals surface area (Å²) in [5.74, 6) is -0.281. The highest BCUT2D eigenvalue weighted by atomic mass is 79.9. The van der Waals surface area contributed by atoms with Crippen molar-refractivity contribution in [2.45, 2.75) is 19.4 Å². The molecule has 98 valence electrons. The molecule has 1 saturated heterocycles. The van der Waals surface area contributed by atoms with Gasteiger partial charge in [0.15, 0.2) is 5.75 Å². The number of halogens is 2. The second kappa shape index (κ2) is 5.24. The van der Waals surface area contributed by atoms with Crippen LogP contribution in [0.25, 0.3) is 0 Å². The number of carbonyl (C=O) groups excluding carboxylic acids is 1. The van der Waals surface area contributed by atoms with Crippen molar-refractivity contribution in [2.24, 2.45) is 0 Å². The van der Waals surface area contributed by atoms with Gasteiger partial charge in [0.1, 0.15) is 5.82 Å². The lowest BCUT2D eigenvalue weighted by molar-refractivity contribution is -0.117. The summed E-state index contributed by atoms with van der Waals surface area (Å²) in [6.45, 7) is 2.37. The number of nitrogens with zero attached hydrogens (tertiary/aromatic N) is 1. The van der Waals surface area contributed by atoms with Crippen LogP contribution in [0.1, 0.15) is 13.3 Å². The number of benzene rings is 1. The SMILES string of the molecule is CCOc1c(Br)cc(F)cc1N1CC(O)CC1=O. The van der Waals surface area contributed by atoms with E-state index in [0.717, 1.165) is 0 Å². The maximum absolute atomic E-state index is 13.4. The van der Waals surface area contributed by atoms with Gasteiger partial charge in [0.25, 0.3) is 0 Å². The molecule has 1 N–H and O–H groups in total. The van der Waals surface area contributed by atoms with E-state index in [-0.39, 0.29) is 18.9 Å². The number of β-amino-alcohol motifs (C(OH)–C–C–N with tert-alkyl or cyclic N) is 1. The molecule has 0 aromatic heterocycles. The summed E-state index contributed by atoms with van der Waals surface area (Å²) < 4.78 is 19.3. The van der Waals surface area contributed by atoms with Crippen molar-refractivity contribution >= 4 is 27.5 Å². The number of rotatable bonds is 3. The molecule has 0 aliphatic carbocycles. The summed E-state index contributed by atoms with van der Waals surface area (Å²) in [7, 11) is 0. The molecule has 1 aromatic rings. The van der Waals surface area contributed by atoms with E-state index in [1.165, 1.54) is 17.0 Å². The van der Waals surface area contributed by atoms with E-state index in [9.17, 15) is 14.3 Å². The molecule has 1 aliphatic heterocycles. The van der Waals surface area contributed by atoms with Crippen molar-refractivity contribution in [3.8, 4) is 5.75 Å². The van der Waals surface area contributed by atoms with E-state index in [2.05, 4.69) is 15.9 Å². The van der Waals surface area contributed by atoms with Crippen LogP contribution in [0.2, 0.25) is 0 Å². The highest BCUT2D eigenvalue weighted by Gasteiger charge is 2.31. The molecule has 18 heavy (non-hydrogen) atoms. The lowest BCUT2D eigenvalue weighted by Crippen LogP contribution is -2.26. The van der Waals surface area contributed by atoms with Crippen molar-refractivity contribution in [1.29, 1.82) is 0 Å². The van der Waals surface area contributed by atoms with Crippen molar-refractivity contribution < 1.29 is 19.0 Å². The maximum Gasteiger partial charge on any atom is 0.229 e. The van der Waals surface area contributed by atoms with Crippen molar-refractivity contribution in [3.63, 3.8) is 0 Å². The zero-order valence-electron chi connectivity index (χ0n) is 9.82. The number of hydrogen-bond acceptors (Lipinski definition) is 3. The molecule has 1 heterocycles. The Balaban J connectivity index is 2.45. The largest absolute Gasteiger partial charge is 0.490 e. The molecule has 1 aromatic carbocycles. The molecule has 6 heteroatoms. The standard InChI is InChI=1S/C12H13BrFNO3/c1-2-18-12-9(13)3-7(14)4-10(12)15-6-8(16)5-11(15)17/h3-4,8,16H,2,5-6H2,1H3. The maximum atomic E-state index is 13.4. The average molecular weight is 318 g/mol. The highest BCUT2D eigenvalue weighted by molar-refractivity contribution is 9.10. The van der Waals surface area contributed by atoms with Crippen LogP contribution >= 0.6 is 15.9 Å². The van der Waals surface area contributed by atoms with Crippen LogP contribution in [0, 0.1) is 5.82 Å². The minimum absolute atomic E-state index is 0.0553. The molecule has 1 unspecified atom stereocenters. The lowest BCUT2D eigenvalue weighted by atomic mass is 10.2. The summed E-state index contributed by atoms with van der Waals surface area (Å²) >= 11 is 3.22. The number of aliphatic hydroxyl groups excluding tert-OH is 1. The Bertz CT molecular complexity index is 481. The van der Waals surface area contributed by atoms with Crippen LogP contribution in [0.15, 0.2) is 16.6 Å². The molecule has 0 spiro atoms. The first-order chi connectivity index (χ1) is 8.52. The zero-order valence-corrected chi connectivity index (χ0v) is 11.4. The predicted molar refractivity (Wildman–Crippen MR) is 68.2 cm³/mol. The number of carbonyl (C=O) groups is 1. The Morgan fingerprint density at radius 2 is 2.33 bits per heavy atom. The Kier molecular flexibility index (Phi) is 3.87. The van der Waals surface area contributed by atoms with Crippen LogP contribution in [0.3, 0.4) is 0 Å². The Hall–Kier alpha value is -1.14. The molecule has 1 atom stereocenters. The summed E-state index contributed by atoms with van der Waals surface area (Å²) in [5, 5.41) is 9.48. The third-order valence-electron chi connectivity index (χ3n) is 2.67. The lowest BCUT2D eigenvalue weighted by Gasteiger charge is -2.20. The van der Waals surface area contributed by atoms with E-state index >= 15 is 0 Å². The molecular formula is C12H13BrFNO3. The van der Waals surface area contributed by atoms with E-state index in [1.54, 1.807) is 6.92 Å². The Morgan fingerprint density at radius 1 is 1.61 bits per heavy atom. The minimum atomic E-state index is -0.714. The van der Waals surface area contributed by atoms with Gasteiger partial charge in [-0.15, -0.1) is 0 Å². The van der Waals surface area contributed by atoms with Crippen LogP contribution < -0.4 is 9.64 Å². The third-order valence-corrected chi connectivity index (χ3v) is 3.26. The first kappa shape index (κ1) is 13.3. The zero-order chi connectivity index (χ0) is 13.3. The summed E-state index contributed by atoms with van der Waals surface area (Å²) in [5.41, 5.74) is 0.352. The molecule has 2 rings (SSSR count). The number of amides is 1. The van der Waals surface area contributed by atoms with E-state index in [0.29, 0.717) is 22.5 Å². The van der Waals surface area contributed by atoms with Crippen LogP contribution in [-0.4, -0.2) is 30.3 Å². The molecule has 1 aliphatic rings. The minimum Gasteiger partial charge on any atom is -0.490 e. The van der Waals surface area contributed by atoms with Crippen LogP contribution in [0.4, 0.5) is 10.1 Å². The van der Waals surface area contributed by atoms with Crippen LogP contribution in [0.5, 0.6) is 5.75 Å². The second-order valence-corrected chi connectivity index (χ2v) is 4.89. The van der Waals surface area contributed by atoms with Crippen molar-refractivity contribution in [2.75, 3.05) is 18.1 Å². The topological polar surface area (TPSA) is 49.8 Å². The first-order valence-corrected chi connectivity index (χ1v) is 6.42. The number of anilines is 1. The molecule has 1 amide bonds. The quantitative estimate of drug-likeness (QED) is 0.928. The third kappa shape index (κ3) is 2.49. The smallest absolute Gasteiger partial charge is 0.229 e. The van der Waals surface area contributed by atoms with Gasteiger partial charge in [0.05, 0.1) is 35.8 Å². The summed E-state index contributed by atoms with van der Waals surface area (Å²) in [6.07, 6.45) is -0.659. The van der Waals surface area contributed by atoms with Gasteiger partial charge >= 0.3 is 0 Å². The molecule has 1 fully saturated rings.